The zero-order valence-corrected chi connectivity index (χ0v) is 16.6. The average Bonchev–Trinajstić information content (AvgIpc) is 2.59. The third-order valence-electron chi connectivity index (χ3n) is 5.67. The first-order valence-electron chi connectivity index (χ1n) is 10.0. The second-order valence-electron chi connectivity index (χ2n) is 8.89. The Morgan fingerprint density at radius 3 is 1.42 bits per heavy atom. The van der Waals surface area contributed by atoms with E-state index in [1.165, 1.54) is 12.8 Å². The standard InChI is InChI=1S/C22H32N2O2/c1-15-8-16(2)12-23(11-15)21(25)19-6-5-7-20(10-19)22(26)24-13-17(3)9-18(4)14-24/h5-7,10,15-18H,8-9,11-14H2,1-4H3/t15-,16-,17-,18-/m1/s1. The second kappa shape index (κ2) is 7.81. The molecule has 26 heavy (non-hydrogen) atoms. The van der Waals surface area contributed by atoms with Crippen LogP contribution in [0.1, 0.15) is 61.3 Å². The van der Waals surface area contributed by atoms with Gasteiger partial charge in [-0.15, -0.1) is 0 Å². The molecule has 2 heterocycles. The Kier molecular flexibility index (Phi) is 5.69. The van der Waals surface area contributed by atoms with Gasteiger partial charge in [0, 0.05) is 37.3 Å². The van der Waals surface area contributed by atoms with Crippen molar-refractivity contribution in [2.75, 3.05) is 26.2 Å². The van der Waals surface area contributed by atoms with Gasteiger partial charge in [0.05, 0.1) is 0 Å². The summed E-state index contributed by atoms with van der Waals surface area (Å²) in [5, 5.41) is 0. The van der Waals surface area contributed by atoms with Gasteiger partial charge < -0.3 is 9.80 Å². The lowest BCUT2D eigenvalue weighted by molar-refractivity contribution is 0.0619. The maximum atomic E-state index is 12.9. The van der Waals surface area contributed by atoms with Crippen LogP contribution in [0.5, 0.6) is 0 Å². The summed E-state index contributed by atoms with van der Waals surface area (Å²) in [6.07, 6.45) is 2.35. The molecule has 1 aromatic rings. The highest BCUT2D eigenvalue weighted by molar-refractivity contribution is 5.99. The van der Waals surface area contributed by atoms with E-state index in [0.29, 0.717) is 34.8 Å². The van der Waals surface area contributed by atoms with Crippen LogP contribution in [0, 0.1) is 23.7 Å². The monoisotopic (exact) mass is 356 g/mol. The van der Waals surface area contributed by atoms with Gasteiger partial charge in [0.15, 0.2) is 0 Å². The zero-order chi connectivity index (χ0) is 18.8. The molecule has 0 spiro atoms. The third kappa shape index (κ3) is 4.28. The normalized spacial score (nSPS) is 29.5. The summed E-state index contributed by atoms with van der Waals surface area (Å²) in [6.45, 7) is 12.0. The zero-order valence-electron chi connectivity index (χ0n) is 16.6. The summed E-state index contributed by atoms with van der Waals surface area (Å²) >= 11 is 0. The van der Waals surface area contributed by atoms with Crippen LogP contribution in [0.3, 0.4) is 0 Å². The Morgan fingerprint density at radius 2 is 1.08 bits per heavy atom. The number of amides is 2. The van der Waals surface area contributed by atoms with Crippen molar-refractivity contribution in [3.8, 4) is 0 Å². The van der Waals surface area contributed by atoms with E-state index in [9.17, 15) is 9.59 Å². The van der Waals surface area contributed by atoms with E-state index in [4.69, 9.17) is 0 Å². The van der Waals surface area contributed by atoms with E-state index in [1.807, 2.05) is 28.0 Å². The van der Waals surface area contributed by atoms with Crippen molar-refractivity contribution in [2.45, 2.75) is 40.5 Å². The fourth-order valence-corrected chi connectivity index (χ4v) is 4.81. The molecule has 2 aliphatic heterocycles. The Morgan fingerprint density at radius 1 is 0.731 bits per heavy atom. The number of likely N-dealkylation sites (tertiary alicyclic amines) is 2. The molecule has 2 fully saturated rings. The number of carbonyl (C=O) groups excluding carboxylic acids is 2. The van der Waals surface area contributed by atoms with Gasteiger partial charge in [-0.05, 0) is 54.7 Å². The Bertz CT molecular complexity index is 599. The Hall–Kier alpha value is -1.84. The molecule has 4 nitrogen and oxygen atoms in total. The number of hydrogen-bond acceptors (Lipinski definition) is 2. The molecule has 2 amide bonds. The summed E-state index contributed by atoms with van der Waals surface area (Å²) in [4.78, 5) is 29.8. The van der Waals surface area contributed by atoms with Crippen molar-refractivity contribution < 1.29 is 9.59 Å². The Balaban J connectivity index is 1.75. The van der Waals surface area contributed by atoms with Crippen LogP contribution in [-0.4, -0.2) is 47.8 Å². The van der Waals surface area contributed by atoms with Crippen LogP contribution < -0.4 is 0 Å². The molecule has 0 N–H and O–H groups in total. The van der Waals surface area contributed by atoms with E-state index in [1.54, 1.807) is 6.07 Å². The second-order valence-corrected chi connectivity index (χ2v) is 8.89. The van der Waals surface area contributed by atoms with Crippen molar-refractivity contribution in [3.05, 3.63) is 35.4 Å². The lowest BCUT2D eigenvalue weighted by atomic mass is 9.91. The molecule has 1 aromatic carbocycles. The van der Waals surface area contributed by atoms with Crippen molar-refractivity contribution >= 4 is 11.8 Å². The highest BCUT2D eigenvalue weighted by Gasteiger charge is 2.28. The summed E-state index contributed by atoms with van der Waals surface area (Å²) in [5.41, 5.74) is 1.27. The highest BCUT2D eigenvalue weighted by atomic mass is 16.2. The molecule has 3 rings (SSSR count). The topological polar surface area (TPSA) is 40.6 Å². The first-order chi connectivity index (χ1) is 12.3. The molecule has 4 atom stereocenters. The minimum Gasteiger partial charge on any atom is -0.338 e. The molecule has 2 aliphatic rings. The first-order valence-corrected chi connectivity index (χ1v) is 10.0. The largest absolute Gasteiger partial charge is 0.338 e. The van der Waals surface area contributed by atoms with E-state index < -0.39 is 0 Å². The number of hydrogen-bond donors (Lipinski definition) is 0. The maximum Gasteiger partial charge on any atom is 0.253 e. The number of piperidine rings is 2. The summed E-state index contributed by atoms with van der Waals surface area (Å²) in [6, 6.07) is 7.31. The molecule has 2 saturated heterocycles. The smallest absolute Gasteiger partial charge is 0.253 e. The third-order valence-corrected chi connectivity index (χ3v) is 5.67. The van der Waals surface area contributed by atoms with Crippen LogP contribution >= 0.6 is 0 Å². The molecule has 0 bridgehead atoms. The summed E-state index contributed by atoms with van der Waals surface area (Å²) in [5.74, 6) is 2.23. The molecule has 0 unspecified atom stereocenters. The van der Waals surface area contributed by atoms with Crippen LogP contribution in [0.2, 0.25) is 0 Å². The predicted molar refractivity (Wildman–Crippen MR) is 104 cm³/mol. The number of nitrogens with zero attached hydrogens (tertiary/aromatic N) is 2. The molecule has 0 saturated carbocycles. The summed E-state index contributed by atoms with van der Waals surface area (Å²) < 4.78 is 0. The predicted octanol–water partition coefficient (Wildman–Crippen LogP) is 3.92. The fraction of sp³-hybridized carbons (Fsp3) is 0.636. The minimum atomic E-state index is 0.0541. The number of rotatable bonds is 2. The van der Waals surface area contributed by atoms with Crippen LogP contribution in [-0.2, 0) is 0 Å². The highest BCUT2D eigenvalue weighted by Crippen LogP contribution is 2.24. The van der Waals surface area contributed by atoms with Gasteiger partial charge in [-0.2, -0.15) is 0 Å². The average molecular weight is 357 g/mol. The van der Waals surface area contributed by atoms with Crippen LogP contribution in [0.4, 0.5) is 0 Å². The van der Waals surface area contributed by atoms with Gasteiger partial charge in [-0.1, -0.05) is 33.8 Å². The maximum absolute atomic E-state index is 12.9. The first kappa shape index (κ1) is 18.9. The van der Waals surface area contributed by atoms with Gasteiger partial charge in [-0.25, -0.2) is 0 Å². The number of carbonyl (C=O) groups is 2. The van der Waals surface area contributed by atoms with Gasteiger partial charge in [0.25, 0.3) is 11.8 Å². The fourth-order valence-electron chi connectivity index (χ4n) is 4.81. The van der Waals surface area contributed by atoms with E-state index in [-0.39, 0.29) is 11.8 Å². The minimum absolute atomic E-state index is 0.0541. The molecular weight excluding hydrogens is 324 g/mol. The molecule has 142 valence electrons. The molecule has 0 radical (unpaired) electrons. The van der Waals surface area contributed by atoms with E-state index in [2.05, 4.69) is 27.7 Å². The molecular formula is C22H32N2O2. The van der Waals surface area contributed by atoms with Gasteiger partial charge >= 0.3 is 0 Å². The number of benzene rings is 1. The van der Waals surface area contributed by atoms with Gasteiger partial charge in [0.2, 0.25) is 0 Å². The van der Waals surface area contributed by atoms with Crippen molar-refractivity contribution in [2.24, 2.45) is 23.7 Å². The molecule has 0 aromatic heterocycles. The van der Waals surface area contributed by atoms with Crippen molar-refractivity contribution in [1.29, 1.82) is 0 Å². The molecule has 4 heteroatoms. The van der Waals surface area contributed by atoms with Gasteiger partial charge in [-0.3, -0.25) is 9.59 Å². The van der Waals surface area contributed by atoms with E-state index >= 15 is 0 Å². The van der Waals surface area contributed by atoms with Crippen LogP contribution in [0.15, 0.2) is 24.3 Å². The lowest BCUT2D eigenvalue weighted by Crippen LogP contribution is -2.43. The Labute approximate surface area is 157 Å². The van der Waals surface area contributed by atoms with E-state index in [0.717, 1.165) is 26.2 Å². The SMILES string of the molecule is C[C@@H]1C[C@@H](C)CN(C(=O)c2cccc(C(=O)N3C[C@H](C)C[C@@H](C)C3)c2)C1. The van der Waals surface area contributed by atoms with Crippen molar-refractivity contribution in [3.63, 3.8) is 0 Å². The van der Waals surface area contributed by atoms with Crippen LogP contribution in [0.25, 0.3) is 0 Å². The lowest BCUT2D eigenvalue weighted by Gasteiger charge is -2.35. The van der Waals surface area contributed by atoms with Crippen molar-refractivity contribution in [1.82, 2.24) is 9.80 Å². The quantitative estimate of drug-likeness (QED) is 0.806. The summed E-state index contributed by atoms with van der Waals surface area (Å²) in [7, 11) is 0. The molecule has 0 aliphatic carbocycles. The van der Waals surface area contributed by atoms with Gasteiger partial charge in [0.1, 0.15) is 0 Å².